The lowest BCUT2D eigenvalue weighted by molar-refractivity contribution is -0.153. The summed E-state index contributed by atoms with van der Waals surface area (Å²) < 4.78 is 4.55. The number of aliphatic carboxylic acids is 1. The van der Waals surface area contributed by atoms with Gasteiger partial charge in [-0.1, -0.05) is 5.16 Å². The Kier molecular flexibility index (Phi) is 3.38. The highest BCUT2D eigenvalue weighted by molar-refractivity contribution is 7.13. The summed E-state index contributed by atoms with van der Waals surface area (Å²) in [7, 11) is 1.18. The van der Waals surface area contributed by atoms with E-state index in [0.717, 1.165) is 11.3 Å². The topological polar surface area (TPSA) is 124 Å². The molecule has 0 spiro atoms. The van der Waals surface area contributed by atoms with Crippen LogP contribution in [-0.2, 0) is 19.2 Å². The van der Waals surface area contributed by atoms with Crippen molar-refractivity contribution in [2.75, 3.05) is 12.8 Å². The van der Waals surface area contributed by atoms with E-state index in [1.54, 1.807) is 0 Å². The molecule has 102 valence electrons. The lowest BCUT2D eigenvalue weighted by atomic mass is 10.3. The molecule has 1 aliphatic rings. The molecular formula is C10H11N3O5S. The van der Waals surface area contributed by atoms with E-state index in [1.165, 1.54) is 12.5 Å². The molecule has 2 rings (SSSR count). The van der Waals surface area contributed by atoms with Crippen molar-refractivity contribution in [2.24, 2.45) is 5.16 Å². The number of carbonyl (C=O) groups is 2. The molecule has 0 aromatic carbocycles. The van der Waals surface area contributed by atoms with Gasteiger partial charge in [-0.15, -0.1) is 11.3 Å². The molecular weight excluding hydrogens is 274 g/mol. The second kappa shape index (κ2) is 4.84. The highest BCUT2D eigenvalue weighted by Gasteiger charge is 2.54. The summed E-state index contributed by atoms with van der Waals surface area (Å²) in [6.45, 7) is 0. The highest BCUT2D eigenvalue weighted by Crippen LogP contribution is 2.40. The molecule has 1 aliphatic carbocycles. The number of nitrogens with zero attached hydrogens (tertiary/aromatic N) is 2. The molecule has 1 heterocycles. The zero-order valence-corrected chi connectivity index (χ0v) is 10.8. The number of rotatable bonds is 5. The van der Waals surface area contributed by atoms with Crippen molar-refractivity contribution in [1.82, 2.24) is 4.98 Å². The van der Waals surface area contributed by atoms with Gasteiger partial charge in [-0.05, 0) is 0 Å². The molecule has 0 unspecified atom stereocenters. The van der Waals surface area contributed by atoms with Crippen LogP contribution in [0.3, 0.4) is 0 Å². The van der Waals surface area contributed by atoms with E-state index in [9.17, 15) is 9.59 Å². The first-order valence-electron chi connectivity index (χ1n) is 5.28. The van der Waals surface area contributed by atoms with E-state index in [0.29, 0.717) is 12.8 Å². The summed E-state index contributed by atoms with van der Waals surface area (Å²) >= 11 is 1.12. The zero-order chi connectivity index (χ0) is 14.0. The van der Waals surface area contributed by atoms with E-state index >= 15 is 0 Å². The largest absolute Gasteiger partial charge is 0.478 e. The molecule has 0 aliphatic heterocycles. The summed E-state index contributed by atoms with van der Waals surface area (Å²) in [5.41, 5.74) is 4.12. The number of carboxylic acid groups (broad SMARTS) is 1. The Hall–Kier alpha value is -2.16. The number of anilines is 1. The fourth-order valence-corrected chi connectivity index (χ4v) is 1.82. The number of carbonyl (C=O) groups excluding carboxylic acids is 1. The molecule has 8 nitrogen and oxygen atoms in total. The van der Waals surface area contributed by atoms with Crippen molar-refractivity contribution in [3.05, 3.63) is 11.1 Å². The maximum Gasteiger partial charge on any atom is 0.362 e. The summed E-state index contributed by atoms with van der Waals surface area (Å²) in [6, 6.07) is 0. The molecule has 3 N–H and O–H groups in total. The van der Waals surface area contributed by atoms with Gasteiger partial charge in [0.25, 0.3) is 0 Å². The summed E-state index contributed by atoms with van der Waals surface area (Å²) in [6.07, 6.45) is 0.693. The van der Waals surface area contributed by atoms with Gasteiger partial charge in [0, 0.05) is 18.2 Å². The zero-order valence-electron chi connectivity index (χ0n) is 9.95. The number of esters is 1. The predicted molar refractivity (Wildman–Crippen MR) is 65.8 cm³/mol. The van der Waals surface area contributed by atoms with Crippen molar-refractivity contribution in [2.45, 2.75) is 18.4 Å². The third kappa shape index (κ3) is 2.65. The number of hydrogen-bond donors (Lipinski definition) is 2. The Labute approximate surface area is 111 Å². The smallest absolute Gasteiger partial charge is 0.362 e. The molecule has 1 saturated carbocycles. The van der Waals surface area contributed by atoms with Crippen LogP contribution in [0.5, 0.6) is 0 Å². The van der Waals surface area contributed by atoms with Crippen molar-refractivity contribution >= 4 is 34.1 Å². The Bertz CT molecular complexity index is 549. The first kappa shape index (κ1) is 13.3. The average molecular weight is 285 g/mol. The number of nitrogens with two attached hydrogens (primary N) is 1. The van der Waals surface area contributed by atoms with E-state index in [-0.39, 0.29) is 16.5 Å². The second-order valence-electron chi connectivity index (χ2n) is 3.89. The van der Waals surface area contributed by atoms with Crippen molar-refractivity contribution in [1.29, 1.82) is 0 Å². The quantitative estimate of drug-likeness (QED) is 0.451. The number of hydrogen-bond acceptors (Lipinski definition) is 8. The fraction of sp³-hybridized carbons (Fsp3) is 0.400. The Balaban J connectivity index is 2.24. The number of carboxylic acids is 1. The van der Waals surface area contributed by atoms with Crippen LogP contribution in [-0.4, -0.2) is 40.5 Å². The molecule has 0 atom stereocenters. The lowest BCUT2D eigenvalue weighted by Crippen LogP contribution is -2.26. The van der Waals surface area contributed by atoms with Gasteiger partial charge >= 0.3 is 11.9 Å². The molecule has 0 saturated heterocycles. The van der Waals surface area contributed by atoms with Crippen LogP contribution >= 0.6 is 11.3 Å². The standard InChI is InChI=1S/C10H11N3O5S/c1-17-7(14)6(5-4-19-9(11)12-5)13-18-10(2-3-10)8(15)16/h4H,2-3H2,1H3,(H2,11,12)(H,15,16)/b13-6-. The van der Waals surface area contributed by atoms with E-state index in [2.05, 4.69) is 14.9 Å². The van der Waals surface area contributed by atoms with Crippen molar-refractivity contribution < 1.29 is 24.3 Å². The van der Waals surface area contributed by atoms with Crippen LogP contribution in [0.1, 0.15) is 18.5 Å². The van der Waals surface area contributed by atoms with E-state index in [1.807, 2.05) is 0 Å². The monoisotopic (exact) mass is 285 g/mol. The maximum absolute atomic E-state index is 11.6. The van der Waals surface area contributed by atoms with Gasteiger partial charge in [0.05, 0.1) is 7.11 Å². The van der Waals surface area contributed by atoms with E-state index < -0.39 is 17.5 Å². The number of thiazole rings is 1. The van der Waals surface area contributed by atoms with Gasteiger partial charge < -0.3 is 20.4 Å². The summed E-state index contributed by atoms with van der Waals surface area (Å²) in [5.74, 6) is -1.88. The molecule has 9 heteroatoms. The van der Waals surface area contributed by atoms with Crippen LogP contribution in [0.4, 0.5) is 5.13 Å². The minimum atomic E-state index is -1.33. The van der Waals surface area contributed by atoms with Gasteiger partial charge in [0.1, 0.15) is 5.69 Å². The number of aromatic nitrogens is 1. The molecule has 1 fully saturated rings. The highest BCUT2D eigenvalue weighted by atomic mass is 32.1. The van der Waals surface area contributed by atoms with E-state index in [4.69, 9.17) is 15.7 Å². The van der Waals surface area contributed by atoms with Crippen LogP contribution in [0.2, 0.25) is 0 Å². The van der Waals surface area contributed by atoms with Crippen LogP contribution in [0.15, 0.2) is 10.5 Å². The first-order chi connectivity index (χ1) is 8.98. The second-order valence-corrected chi connectivity index (χ2v) is 4.78. The van der Waals surface area contributed by atoms with Crippen LogP contribution in [0.25, 0.3) is 0 Å². The number of ether oxygens (including phenoxy) is 1. The van der Waals surface area contributed by atoms with Gasteiger partial charge in [0.15, 0.2) is 5.13 Å². The third-order valence-corrected chi connectivity index (χ3v) is 3.22. The van der Waals surface area contributed by atoms with Crippen LogP contribution < -0.4 is 5.73 Å². The first-order valence-corrected chi connectivity index (χ1v) is 6.16. The minimum absolute atomic E-state index is 0.190. The van der Waals surface area contributed by atoms with Gasteiger partial charge in [-0.3, -0.25) is 0 Å². The van der Waals surface area contributed by atoms with Gasteiger partial charge in [-0.25, -0.2) is 14.6 Å². The minimum Gasteiger partial charge on any atom is -0.478 e. The maximum atomic E-state index is 11.6. The summed E-state index contributed by atoms with van der Waals surface area (Å²) in [5, 5.41) is 14.3. The summed E-state index contributed by atoms with van der Waals surface area (Å²) in [4.78, 5) is 31.3. The Morgan fingerprint density at radius 3 is 2.68 bits per heavy atom. The normalized spacial score (nSPS) is 16.8. The SMILES string of the molecule is COC(=O)/C(=N\OC1(C(=O)O)CC1)c1csc(N)n1. The molecule has 0 bridgehead atoms. The lowest BCUT2D eigenvalue weighted by Gasteiger charge is -2.08. The molecule has 19 heavy (non-hydrogen) atoms. The number of nitrogen functional groups attached to an aromatic ring is 1. The average Bonchev–Trinajstić information content (AvgIpc) is 3.06. The third-order valence-electron chi connectivity index (χ3n) is 2.55. The van der Waals surface area contributed by atoms with Gasteiger partial charge in [0.2, 0.25) is 11.3 Å². The molecule has 1 aromatic heterocycles. The number of methoxy groups -OCH3 is 1. The number of oxime groups is 1. The van der Waals surface area contributed by atoms with Crippen molar-refractivity contribution in [3.8, 4) is 0 Å². The van der Waals surface area contributed by atoms with Gasteiger partial charge in [-0.2, -0.15) is 0 Å². The van der Waals surface area contributed by atoms with Crippen molar-refractivity contribution in [3.63, 3.8) is 0 Å². The van der Waals surface area contributed by atoms with Crippen LogP contribution in [0, 0.1) is 0 Å². The Morgan fingerprint density at radius 1 is 1.58 bits per heavy atom. The molecule has 0 radical (unpaired) electrons. The Morgan fingerprint density at radius 2 is 2.26 bits per heavy atom. The molecule has 1 aromatic rings. The molecule has 0 amide bonds. The fourth-order valence-electron chi connectivity index (χ4n) is 1.27. The predicted octanol–water partition coefficient (Wildman–Crippen LogP) is 0.236.